The second kappa shape index (κ2) is 7.88. The highest BCUT2D eigenvalue weighted by atomic mass is 32.2. The van der Waals surface area contributed by atoms with Gasteiger partial charge in [0.15, 0.2) is 0 Å². The van der Waals surface area contributed by atoms with Gasteiger partial charge >= 0.3 is 6.18 Å². The van der Waals surface area contributed by atoms with Crippen molar-refractivity contribution in [2.75, 3.05) is 0 Å². The van der Waals surface area contributed by atoms with Crippen LogP contribution in [-0.2, 0) is 23.3 Å². The van der Waals surface area contributed by atoms with Gasteiger partial charge in [0.05, 0.1) is 17.4 Å². The lowest BCUT2D eigenvalue weighted by atomic mass is 10.1. The largest absolute Gasteiger partial charge is 0.416 e. The molecule has 23 heavy (non-hydrogen) atoms. The average molecular weight is 359 g/mol. The summed E-state index contributed by atoms with van der Waals surface area (Å²) in [4.78, 5) is 13.0. The Hall–Kier alpha value is -1.47. The van der Waals surface area contributed by atoms with Crippen molar-refractivity contribution in [3.8, 4) is 0 Å². The summed E-state index contributed by atoms with van der Waals surface area (Å²) in [6.07, 6.45) is -4.34. The van der Waals surface area contributed by atoms with Crippen molar-refractivity contribution >= 4 is 29.0 Å². The molecule has 1 heterocycles. The molecule has 2 aromatic rings. The van der Waals surface area contributed by atoms with Gasteiger partial charge in [0.25, 0.3) is 0 Å². The number of hydrogen-bond acceptors (Lipinski definition) is 3. The number of rotatable bonds is 6. The highest BCUT2D eigenvalue weighted by molar-refractivity contribution is 7.99. The summed E-state index contributed by atoms with van der Waals surface area (Å²) in [5.74, 6) is 0.243. The van der Waals surface area contributed by atoms with Crippen LogP contribution >= 0.6 is 23.1 Å². The Balaban J connectivity index is 1.84. The topological polar surface area (TPSA) is 29.1 Å². The maximum atomic E-state index is 12.7. The number of benzene rings is 1. The molecule has 0 saturated heterocycles. The van der Waals surface area contributed by atoms with Crippen LogP contribution in [0.3, 0.4) is 0 Å². The lowest BCUT2D eigenvalue weighted by molar-refractivity contribution is -0.137. The molecule has 0 aliphatic rings. The number of thioether (sulfide) groups is 1. The van der Waals surface area contributed by atoms with Crippen molar-refractivity contribution < 1.29 is 18.0 Å². The molecule has 1 aromatic heterocycles. The summed E-state index contributed by atoms with van der Waals surface area (Å²) >= 11 is 2.88. The standard InChI is InChI=1S/C16H16F3NOS2/c1-11(15(21)20-9-14-6-3-7-22-14)23-10-12-4-2-5-13(8-12)16(17,18)19/h2-8,11H,9-10H2,1H3,(H,20,21)/t11-/m0/s1. The molecule has 0 unspecified atom stereocenters. The number of nitrogens with one attached hydrogen (secondary N) is 1. The Labute approximate surface area is 141 Å². The fourth-order valence-electron chi connectivity index (χ4n) is 1.87. The van der Waals surface area contributed by atoms with E-state index in [1.165, 1.54) is 17.8 Å². The molecule has 0 radical (unpaired) electrons. The second-order valence-corrected chi connectivity index (χ2v) is 7.31. The van der Waals surface area contributed by atoms with Gasteiger partial charge in [-0.2, -0.15) is 13.2 Å². The van der Waals surface area contributed by atoms with Crippen molar-refractivity contribution in [2.45, 2.75) is 30.6 Å². The van der Waals surface area contributed by atoms with Crippen LogP contribution in [0.15, 0.2) is 41.8 Å². The number of carbonyl (C=O) groups is 1. The van der Waals surface area contributed by atoms with Crippen LogP contribution in [0.1, 0.15) is 22.9 Å². The molecule has 2 rings (SSSR count). The van der Waals surface area contributed by atoms with Crippen LogP contribution in [-0.4, -0.2) is 11.2 Å². The highest BCUT2D eigenvalue weighted by Crippen LogP contribution is 2.30. The third kappa shape index (κ3) is 5.58. The first-order chi connectivity index (χ1) is 10.9. The first kappa shape index (κ1) is 17.9. The van der Waals surface area contributed by atoms with E-state index in [2.05, 4.69) is 5.32 Å². The second-order valence-electron chi connectivity index (χ2n) is 4.95. The van der Waals surface area contributed by atoms with Crippen molar-refractivity contribution in [2.24, 2.45) is 0 Å². The quantitative estimate of drug-likeness (QED) is 0.810. The van der Waals surface area contributed by atoms with Crippen LogP contribution in [0.2, 0.25) is 0 Å². The zero-order valence-electron chi connectivity index (χ0n) is 12.4. The number of alkyl halides is 3. The van der Waals surface area contributed by atoms with Gasteiger partial charge in [0.1, 0.15) is 0 Å². The van der Waals surface area contributed by atoms with E-state index in [0.717, 1.165) is 17.0 Å². The molecule has 0 aliphatic heterocycles. The van der Waals surface area contributed by atoms with E-state index >= 15 is 0 Å². The van der Waals surface area contributed by atoms with E-state index in [4.69, 9.17) is 0 Å². The van der Waals surface area contributed by atoms with Crippen LogP contribution in [0.5, 0.6) is 0 Å². The van der Waals surface area contributed by atoms with Crippen LogP contribution < -0.4 is 5.32 Å². The molecule has 0 bridgehead atoms. The summed E-state index contributed by atoms with van der Waals surface area (Å²) in [5.41, 5.74) is -0.104. The summed E-state index contributed by atoms with van der Waals surface area (Å²) in [6.45, 7) is 2.23. The van der Waals surface area contributed by atoms with Crippen molar-refractivity contribution in [1.82, 2.24) is 5.32 Å². The Kier molecular flexibility index (Phi) is 6.12. The molecule has 2 nitrogen and oxygen atoms in total. The van der Waals surface area contributed by atoms with Crippen LogP contribution in [0.4, 0.5) is 13.2 Å². The van der Waals surface area contributed by atoms with E-state index in [1.807, 2.05) is 17.5 Å². The summed E-state index contributed by atoms with van der Waals surface area (Å²) < 4.78 is 38.0. The van der Waals surface area contributed by atoms with Gasteiger partial charge in [-0.05, 0) is 30.0 Å². The molecule has 7 heteroatoms. The van der Waals surface area contributed by atoms with Crippen LogP contribution in [0.25, 0.3) is 0 Å². The van der Waals surface area contributed by atoms with Crippen molar-refractivity contribution in [1.29, 1.82) is 0 Å². The molecule has 0 saturated carbocycles. The Bertz CT molecular complexity index is 641. The lowest BCUT2D eigenvalue weighted by Gasteiger charge is -2.12. The first-order valence-corrected chi connectivity index (χ1v) is 8.87. The first-order valence-electron chi connectivity index (χ1n) is 6.94. The maximum absolute atomic E-state index is 12.7. The van der Waals surface area contributed by atoms with Crippen molar-refractivity contribution in [3.63, 3.8) is 0 Å². The zero-order valence-corrected chi connectivity index (χ0v) is 14.0. The van der Waals surface area contributed by atoms with E-state index < -0.39 is 11.7 Å². The number of amides is 1. The lowest BCUT2D eigenvalue weighted by Crippen LogP contribution is -2.30. The zero-order chi connectivity index (χ0) is 16.9. The highest BCUT2D eigenvalue weighted by Gasteiger charge is 2.30. The van der Waals surface area contributed by atoms with Gasteiger partial charge in [-0.1, -0.05) is 24.3 Å². The molecule has 0 spiro atoms. The number of thiophene rings is 1. The predicted octanol–water partition coefficient (Wildman–Crippen LogP) is 4.71. The molecule has 0 fully saturated rings. The van der Waals surface area contributed by atoms with Gasteiger partial charge in [0, 0.05) is 10.6 Å². The maximum Gasteiger partial charge on any atom is 0.416 e. The molecule has 1 amide bonds. The molecular weight excluding hydrogens is 343 g/mol. The van der Waals surface area contributed by atoms with E-state index in [0.29, 0.717) is 17.9 Å². The number of halogens is 3. The minimum atomic E-state index is -4.34. The monoisotopic (exact) mass is 359 g/mol. The number of carbonyl (C=O) groups excluding carboxylic acids is 1. The molecule has 1 atom stereocenters. The minimum absolute atomic E-state index is 0.115. The Morgan fingerprint density at radius 2 is 2.09 bits per heavy atom. The fourth-order valence-corrected chi connectivity index (χ4v) is 3.37. The van der Waals surface area contributed by atoms with E-state index in [9.17, 15) is 18.0 Å². The minimum Gasteiger partial charge on any atom is -0.350 e. The van der Waals surface area contributed by atoms with E-state index in [-0.39, 0.29) is 11.2 Å². The van der Waals surface area contributed by atoms with Gasteiger partial charge in [-0.15, -0.1) is 23.1 Å². The molecule has 0 aliphatic carbocycles. The SMILES string of the molecule is C[C@H](SCc1cccc(C(F)(F)F)c1)C(=O)NCc1cccs1. The van der Waals surface area contributed by atoms with Crippen molar-refractivity contribution in [3.05, 3.63) is 57.8 Å². The van der Waals surface area contributed by atoms with Crippen LogP contribution in [0, 0.1) is 0 Å². The van der Waals surface area contributed by atoms with Gasteiger partial charge in [0.2, 0.25) is 5.91 Å². The molecule has 1 aromatic carbocycles. The predicted molar refractivity (Wildman–Crippen MR) is 88.4 cm³/mol. The van der Waals surface area contributed by atoms with Gasteiger partial charge < -0.3 is 5.32 Å². The van der Waals surface area contributed by atoms with Gasteiger partial charge in [-0.25, -0.2) is 0 Å². The average Bonchev–Trinajstić information content (AvgIpc) is 3.03. The summed E-state index contributed by atoms with van der Waals surface area (Å²) in [5, 5.41) is 4.44. The Morgan fingerprint density at radius 3 is 2.74 bits per heavy atom. The molecule has 1 N–H and O–H groups in total. The summed E-state index contributed by atoms with van der Waals surface area (Å²) in [7, 11) is 0. The Morgan fingerprint density at radius 1 is 1.30 bits per heavy atom. The van der Waals surface area contributed by atoms with E-state index in [1.54, 1.807) is 24.3 Å². The molecule has 124 valence electrons. The summed E-state index contributed by atoms with van der Waals surface area (Å²) in [6, 6.07) is 9.05. The normalized spacial score (nSPS) is 12.9. The third-order valence-electron chi connectivity index (χ3n) is 3.14. The smallest absolute Gasteiger partial charge is 0.350 e. The van der Waals surface area contributed by atoms with Gasteiger partial charge in [-0.3, -0.25) is 4.79 Å². The fraction of sp³-hybridized carbons (Fsp3) is 0.312. The molecular formula is C16H16F3NOS2. The number of hydrogen-bond donors (Lipinski definition) is 1. The third-order valence-corrected chi connectivity index (χ3v) is 5.23.